The molecule has 3 heterocycles. The second-order valence-electron chi connectivity index (χ2n) is 6.42. The van der Waals surface area contributed by atoms with Gasteiger partial charge in [0.05, 0.1) is 6.20 Å². The van der Waals surface area contributed by atoms with E-state index in [9.17, 15) is 4.79 Å². The molecule has 1 aromatic carbocycles. The van der Waals surface area contributed by atoms with Crippen LogP contribution < -0.4 is 15.8 Å². The molecule has 25 heavy (non-hydrogen) atoms. The minimum atomic E-state index is -0.173. The Kier molecular flexibility index (Phi) is 4.58. The summed E-state index contributed by atoms with van der Waals surface area (Å²) in [5.74, 6) is 1.05. The minimum absolute atomic E-state index is 0.171. The van der Waals surface area contributed by atoms with Crippen molar-refractivity contribution >= 4 is 11.7 Å². The molecule has 2 fully saturated rings. The number of hydrazine groups is 1. The van der Waals surface area contributed by atoms with Crippen molar-refractivity contribution in [2.24, 2.45) is 0 Å². The second kappa shape index (κ2) is 7.16. The lowest BCUT2D eigenvalue weighted by Gasteiger charge is -2.36. The highest BCUT2D eigenvalue weighted by molar-refractivity contribution is 5.82. The average Bonchev–Trinajstić information content (AvgIpc) is 3.19. The molecule has 0 radical (unpaired) electrons. The zero-order valence-corrected chi connectivity index (χ0v) is 14.0. The van der Waals surface area contributed by atoms with Crippen LogP contribution in [0.3, 0.4) is 0 Å². The molecule has 1 amide bonds. The number of aromatic nitrogens is 2. The molecular formula is C18H22N6O. The number of amides is 1. The fourth-order valence-corrected chi connectivity index (χ4v) is 3.45. The van der Waals surface area contributed by atoms with E-state index in [4.69, 9.17) is 0 Å². The SMILES string of the molecule is O=C(C1CC(c2ccccc2)NN1)N1CCN(c2cnccn2)CC1. The highest BCUT2D eigenvalue weighted by Crippen LogP contribution is 2.23. The lowest BCUT2D eigenvalue weighted by molar-refractivity contribution is -0.133. The van der Waals surface area contributed by atoms with Gasteiger partial charge in [-0.3, -0.25) is 9.78 Å². The summed E-state index contributed by atoms with van der Waals surface area (Å²) < 4.78 is 0. The third-order valence-corrected chi connectivity index (χ3v) is 4.87. The monoisotopic (exact) mass is 338 g/mol. The maximum atomic E-state index is 12.8. The van der Waals surface area contributed by atoms with E-state index in [0.717, 1.165) is 25.3 Å². The van der Waals surface area contributed by atoms with Gasteiger partial charge in [0.2, 0.25) is 5.91 Å². The molecule has 0 aliphatic carbocycles. The molecule has 7 nitrogen and oxygen atoms in total. The van der Waals surface area contributed by atoms with Gasteiger partial charge in [-0.2, -0.15) is 0 Å². The first-order chi connectivity index (χ1) is 12.3. The van der Waals surface area contributed by atoms with Crippen LogP contribution in [-0.2, 0) is 4.79 Å². The molecule has 4 rings (SSSR count). The average molecular weight is 338 g/mol. The molecule has 0 spiro atoms. The summed E-state index contributed by atoms with van der Waals surface area (Å²) in [4.78, 5) is 25.4. The Morgan fingerprint density at radius 3 is 2.56 bits per heavy atom. The van der Waals surface area contributed by atoms with Gasteiger partial charge in [-0.25, -0.2) is 15.8 Å². The third kappa shape index (κ3) is 3.47. The Morgan fingerprint density at radius 2 is 1.84 bits per heavy atom. The number of piperazine rings is 1. The highest BCUT2D eigenvalue weighted by Gasteiger charge is 2.34. The molecule has 130 valence electrons. The van der Waals surface area contributed by atoms with Crippen LogP contribution >= 0.6 is 0 Å². The van der Waals surface area contributed by atoms with Crippen LogP contribution in [0.2, 0.25) is 0 Å². The van der Waals surface area contributed by atoms with Crippen LogP contribution in [0.1, 0.15) is 18.0 Å². The topological polar surface area (TPSA) is 73.4 Å². The van der Waals surface area contributed by atoms with Crippen LogP contribution in [0.25, 0.3) is 0 Å². The summed E-state index contributed by atoms with van der Waals surface area (Å²) in [6.45, 7) is 2.99. The fraction of sp³-hybridized carbons (Fsp3) is 0.389. The van der Waals surface area contributed by atoms with Crippen molar-refractivity contribution in [3.63, 3.8) is 0 Å². The lowest BCUT2D eigenvalue weighted by Crippen LogP contribution is -2.53. The number of carbonyl (C=O) groups excluding carboxylic acids is 1. The third-order valence-electron chi connectivity index (χ3n) is 4.87. The molecule has 1 aromatic heterocycles. The van der Waals surface area contributed by atoms with E-state index in [1.54, 1.807) is 18.6 Å². The summed E-state index contributed by atoms with van der Waals surface area (Å²) in [5.41, 5.74) is 7.63. The Hall–Kier alpha value is -2.51. The molecule has 2 aromatic rings. The molecule has 2 saturated heterocycles. The number of nitrogens with zero attached hydrogens (tertiary/aromatic N) is 4. The first-order valence-corrected chi connectivity index (χ1v) is 8.67. The number of hydrogen-bond donors (Lipinski definition) is 2. The van der Waals surface area contributed by atoms with Gasteiger partial charge in [0.1, 0.15) is 11.9 Å². The molecule has 2 atom stereocenters. The van der Waals surface area contributed by atoms with Gasteiger partial charge < -0.3 is 9.80 Å². The zero-order chi connectivity index (χ0) is 17.1. The predicted molar refractivity (Wildman–Crippen MR) is 94.7 cm³/mol. The molecule has 2 unspecified atom stereocenters. The Bertz CT molecular complexity index is 702. The molecule has 0 bridgehead atoms. The number of benzene rings is 1. The summed E-state index contributed by atoms with van der Waals surface area (Å²) in [7, 11) is 0. The molecule has 2 aliphatic heterocycles. The van der Waals surface area contributed by atoms with Gasteiger partial charge in [-0.05, 0) is 12.0 Å². The zero-order valence-electron chi connectivity index (χ0n) is 14.0. The highest BCUT2D eigenvalue weighted by atomic mass is 16.2. The Labute approximate surface area is 147 Å². The first-order valence-electron chi connectivity index (χ1n) is 8.67. The number of carbonyl (C=O) groups is 1. The van der Waals surface area contributed by atoms with E-state index < -0.39 is 0 Å². The van der Waals surface area contributed by atoms with Gasteiger partial charge >= 0.3 is 0 Å². The fourth-order valence-electron chi connectivity index (χ4n) is 3.45. The lowest BCUT2D eigenvalue weighted by atomic mass is 10.0. The number of rotatable bonds is 3. The van der Waals surface area contributed by atoms with Gasteiger partial charge in [-0.15, -0.1) is 0 Å². The summed E-state index contributed by atoms with van der Waals surface area (Å²) in [5, 5.41) is 0. The van der Waals surface area contributed by atoms with E-state index in [0.29, 0.717) is 13.1 Å². The minimum Gasteiger partial charge on any atom is -0.352 e. The first kappa shape index (κ1) is 16.0. The summed E-state index contributed by atoms with van der Waals surface area (Å²) in [6.07, 6.45) is 5.91. The van der Waals surface area contributed by atoms with Crippen molar-refractivity contribution in [1.82, 2.24) is 25.7 Å². The molecule has 7 heteroatoms. The maximum Gasteiger partial charge on any atom is 0.241 e. The van der Waals surface area contributed by atoms with Crippen molar-refractivity contribution in [2.45, 2.75) is 18.5 Å². The van der Waals surface area contributed by atoms with E-state index in [-0.39, 0.29) is 18.0 Å². The van der Waals surface area contributed by atoms with Crippen LogP contribution in [0, 0.1) is 0 Å². The molecule has 0 saturated carbocycles. The van der Waals surface area contributed by atoms with Gasteiger partial charge in [-0.1, -0.05) is 30.3 Å². The summed E-state index contributed by atoms with van der Waals surface area (Å²) in [6, 6.07) is 10.2. The maximum absolute atomic E-state index is 12.8. The predicted octanol–water partition coefficient (Wildman–Crippen LogP) is 0.733. The Morgan fingerprint density at radius 1 is 1.04 bits per heavy atom. The van der Waals surface area contributed by atoms with E-state index in [1.807, 2.05) is 23.1 Å². The van der Waals surface area contributed by atoms with Crippen molar-refractivity contribution < 1.29 is 4.79 Å². The molecular weight excluding hydrogens is 316 g/mol. The quantitative estimate of drug-likeness (QED) is 0.860. The van der Waals surface area contributed by atoms with Crippen molar-refractivity contribution in [3.8, 4) is 0 Å². The van der Waals surface area contributed by atoms with Crippen LogP contribution in [0.15, 0.2) is 48.9 Å². The van der Waals surface area contributed by atoms with Crippen molar-refractivity contribution in [1.29, 1.82) is 0 Å². The van der Waals surface area contributed by atoms with E-state index in [1.165, 1.54) is 5.56 Å². The standard InChI is InChI=1S/C18H22N6O/c25-18(16-12-15(21-22-16)14-4-2-1-3-5-14)24-10-8-23(9-11-24)17-13-19-6-7-20-17/h1-7,13,15-16,21-22H,8-12H2. The van der Waals surface area contributed by atoms with Gasteiger partial charge in [0.25, 0.3) is 0 Å². The second-order valence-corrected chi connectivity index (χ2v) is 6.42. The van der Waals surface area contributed by atoms with Gasteiger partial charge in [0.15, 0.2) is 0 Å². The van der Waals surface area contributed by atoms with E-state index >= 15 is 0 Å². The summed E-state index contributed by atoms with van der Waals surface area (Å²) >= 11 is 0. The van der Waals surface area contributed by atoms with E-state index in [2.05, 4.69) is 37.9 Å². The number of hydrogen-bond acceptors (Lipinski definition) is 6. The van der Waals surface area contributed by atoms with Crippen molar-refractivity contribution in [2.75, 3.05) is 31.1 Å². The largest absolute Gasteiger partial charge is 0.352 e. The van der Waals surface area contributed by atoms with Crippen LogP contribution in [0.5, 0.6) is 0 Å². The normalized spacial score (nSPS) is 23.7. The number of anilines is 1. The van der Waals surface area contributed by atoms with Gasteiger partial charge in [0, 0.05) is 44.6 Å². The smallest absolute Gasteiger partial charge is 0.241 e. The number of nitrogens with one attached hydrogen (secondary N) is 2. The molecule has 2 aliphatic rings. The molecule has 2 N–H and O–H groups in total. The van der Waals surface area contributed by atoms with Crippen LogP contribution in [0.4, 0.5) is 5.82 Å². The Balaban J connectivity index is 1.32. The van der Waals surface area contributed by atoms with Crippen molar-refractivity contribution in [3.05, 3.63) is 54.5 Å². The van der Waals surface area contributed by atoms with Crippen LogP contribution in [-0.4, -0.2) is 53.0 Å².